The number of hydrogen-bond acceptors (Lipinski definition) is 2. The molecular weight excluding hydrogens is 609 g/mol. The fourth-order valence-corrected chi connectivity index (χ4v) is 7.50. The molecule has 234 valence electrons. The van der Waals surface area contributed by atoms with E-state index >= 15 is 0 Å². The fourth-order valence-electron chi connectivity index (χ4n) is 7.50. The molecule has 3 heterocycles. The van der Waals surface area contributed by atoms with Gasteiger partial charge in [-0.2, -0.15) is 0 Å². The zero-order valence-electron chi connectivity index (χ0n) is 27.1. The van der Waals surface area contributed by atoms with E-state index in [2.05, 4.69) is 173 Å². The van der Waals surface area contributed by atoms with E-state index < -0.39 is 0 Å². The second-order valence-corrected chi connectivity index (χ2v) is 12.7. The third kappa shape index (κ3) is 4.46. The predicted octanol–water partition coefficient (Wildman–Crippen LogP) is 11.7. The SMILES string of the molecule is c1ccc(-c2ccc(-c3cnc(-n4c5ccccc5c5c4ccc4c6ccccc6n(-c6ccc(-c7ccccc7)cc6)c45)nc3)cc2)cc1. The van der Waals surface area contributed by atoms with E-state index in [1.807, 2.05) is 18.5 Å². The summed E-state index contributed by atoms with van der Waals surface area (Å²) < 4.78 is 4.62. The van der Waals surface area contributed by atoms with Crippen LogP contribution >= 0.6 is 0 Å². The molecule has 0 saturated carbocycles. The molecule has 4 nitrogen and oxygen atoms in total. The van der Waals surface area contributed by atoms with Gasteiger partial charge in [0.15, 0.2) is 0 Å². The highest BCUT2D eigenvalue weighted by Gasteiger charge is 2.21. The van der Waals surface area contributed by atoms with Gasteiger partial charge in [0, 0.05) is 45.2 Å². The first kappa shape index (κ1) is 28.3. The molecule has 7 aromatic carbocycles. The normalized spacial score (nSPS) is 11.6. The zero-order valence-corrected chi connectivity index (χ0v) is 27.1. The van der Waals surface area contributed by atoms with E-state index in [0.717, 1.165) is 27.8 Å². The van der Waals surface area contributed by atoms with Crippen LogP contribution in [0.25, 0.3) is 88.6 Å². The summed E-state index contributed by atoms with van der Waals surface area (Å²) in [5, 5.41) is 4.80. The van der Waals surface area contributed by atoms with Crippen molar-refractivity contribution in [2.24, 2.45) is 0 Å². The quantitative estimate of drug-likeness (QED) is 0.188. The maximum atomic E-state index is 4.97. The minimum atomic E-state index is 0.648. The minimum absolute atomic E-state index is 0.648. The van der Waals surface area contributed by atoms with Gasteiger partial charge in [0.1, 0.15) is 0 Å². The Morgan fingerprint density at radius 1 is 0.320 bits per heavy atom. The van der Waals surface area contributed by atoms with Crippen LogP contribution in [0, 0.1) is 0 Å². The number of benzene rings is 7. The number of hydrogen-bond donors (Lipinski definition) is 0. The highest BCUT2D eigenvalue weighted by molar-refractivity contribution is 6.26. The molecule has 4 heteroatoms. The van der Waals surface area contributed by atoms with Gasteiger partial charge in [-0.15, -0.1) is 0 Å². The van der Waals surface area contributed by atoms with Crippen LogP contribution in [-0.4, -0.2) is 19.1 Å². The average molecular weight is 639 g/mol. The van der Waals surface area contributed by atoms with E-state index in [0.29, 0.717) is 5.95 Å². The molecule has 0 saturated heterocycles. The van der Waals surface area contributed by atoms with Crippen LogP contribution in [0.2, 0.25) is 0 Å². The van der Waals surface area contributed by atoms with Gasteiger partial charge in [-0.3, -0.25) is 4.57 Å². The lowest BCUT2D eigenvalue weighted by atomic mass is 10.0. The van der Waals surface area contributed by atoms with Crippen LogP contribution in [0.3, 0.4) is 0 Å². The number of rotatable bonds is 5. The van der Waals surface area contributed by atoms with Crippen LogP contribution in [0.1, 0.15) is 0 Å². The third-order valence-electron chi connectivity index (χ3n) is 9.87. The van der Waals surface area contributed by atoms with Gasteiger partial charge in [-0.1, -0.05) is 140 Å². The summed E-state index contributed by atoms with van der Waals surface area (Å²) in [5.74, 6) is 0.648. The molecule has 0 N–H and O–H groups in total. The molecule has 0 radical (unpaired) electrons. The molecule has 0 atom stereocenters. The van der Waals surface area contributed by atoms with Gasteiger partial charge in [-0.25, -0.2) is 9.97 Å². The molecule has 10 aromatic rings. The lowest BCUT2D eigenvalue weighted by molar-refractivity contribution is 0.990. The Morgan fingerprint density at radius 3 is 1.42 bits per heavy atom. The number of para-hydroxylation sites is 2. The van der Waals surface area contributed by atoms with E-state index in [1.165, 1.54) is 54.8 Å². The average Bonchev–Trinajstić information content (AvgIpc) is 3.72. The van der Waals surface area contributed by atoms with Crippen molar-refractivity contribution in [3.8, 4) is 45.0 Å². The van der Waals surface area contributed by atoms with Crippen molar-refractivity contribution >= 4 is 43.6 Å². The van der Waals surface area contributed by atoms with Crippen molar-refractivity contribution < 1.29 is 0 Å². The Balaban J connectivity index is 1.14. The molecule has 0 aliphatic rings. The van der Waals surface area contributed by atoms with Crippen LogP contribution in [-0.2, 0) is 0 Å². The molecular formula is C46H30N4. The van der Waals surface area contributed by atoms with Gasteiger partial charge in [-0.05, 0) is 58.1 Å². The summed E-state index contributed by atoms with van der Waals surface area (Å²) in [7, 11) is 0. The van der Waals surface area contributed by atoms with Gasteiger partial charge in [0.05, 0.1) is 22.1 Å². The maximum absolute atomic E-state index is 4.97. The van der Waals surface area contributed by atoms with Gasteiger partial charge in [0.2, 0.25) is 5.95 Å². The number of aromatic nitrogens is 4. The predicted molar refractivity (Wildman–Crippen MR) is 207 cm³/mol. The molecule has 0 amide bonds. The van der Waals surface area contributed by atoms with Crippen molar-refractivity contribution in [3.63, 3.8) is 0 Å². The molecule has 0 bridgehead atoms. The summed E-state index contributed by atoms with van der Waals surface area (Å²) >= 11 is 0. The van der Waals surface area contributed by atoms with Crippen molar-refractivity contribution in [2.45, 2.75) is 0 Å². The third-order valence-corrected chi connectivity index (χ3v) is 9.87. The van der Waals surface area contributed by atoms with Crippen LogP contribution < -0.4 is 0 Å². The standard InChI is InChI=1S/C46H30N4/c1-3-11-31(12-4-1)33-19-21-35(22-20-33)36-29-47-46(48-30-36)50-42-18-10-8-16-40(42)44-43(50)28-27-39-38-15-7-9-17-41(38)49(45(39)44)37-25-23-34(24-26-37)32-13-5-2-6-14-32/h1-30H. The van der Waals surface area contributed by atoms with Gasteiger partial charge >= 0.3 is 0 Å². The van der Waals surface area contributed by atoms with E-state index in [4.69, 9.17) is 9.97 Å². The van der Waals surface area contributed by atoms with Crippen LogP contribution in [0.4, 0.5) is 0 Å². The largest absolute Gasteiger partial charge is 0.309 e. The summed E-state index contributed by atoms with van der Waals surface area (Å²) in [6.45, 7) is 0. The van der Waals surface area contributed by atoms with Crippen molar-refractivity contribution in [2.75, 3.05) is 0 Å². The molecule has 50 heavy (non-hydrogen) atoms. The topological polar surface area (TPSA) is 35.6 Å². The van der Waals surface area contributed by atoms with E-state index in [-0.39, 0.29) is 0 Å². The Hall–Kier alpha value is -6.78. The Labute approximate surface area is 289 Å². The zero-order chi connectivity index (χ0) is 33.0. The van der Waals surface area contributed by atoms with Gasteiger partial charge in [0.25, 0.3) is 0 Å². The van der Waals surface area contributed by atoms with Crippen molar-refractivity contribution in [1.29, 1.82) is 0 Å². The summed E-state index contributed by atoms with van der Waals surface area (Å²) in [6, 6.07) is 60.3. The van der Waals surface area contributed by atoms with Crippen molar-refractivity contribution in [3.05, 3.63) is 182 Å². The van der Waals surface area contributed by atoms with Crippen LogP contribution in [0.15, 0.2) is 182 Å². The Kier molecular flexibility index (Phi) is 6.46. The lowest BCUT2D eigenvalue weighted by Crippen LogP contribution is -2.01. The summed E-state index contributed by atoms with van der Waals surface area (Å²) in [4.78, 5) is 9.93. The Morgan fingerprint density at radius 2 is 0.800 bits per heavy atom. The molecule has 3 aromatic heterocycles. The van der Waals surface area contributed by atoms with Crippen LogP contribution in [0.5, 0.6) is 0 Å². The molecule has 0 fully saturated rings. The molecule has 0 aliphatic carbocycles. The molecule has 10 rings (SSSR count). The number of fused-ring (bicyclic) bond motifs is 7. The number of nitrogens with zero attached hydrogens (tertiary/aromatic N) is 4. The summed E-state index contributed by atoms with van der Waals surface area (Å²) in [6.07, 6.45) is 3.87. The molecule has 0 spiro atoms. The molecule has 0 aliphatic heterocycles. The minimum Gasteiger partial charge on any atom is -0.309 e. The maximum Gasteiger partial charge on any atom is 0.234 e. The van der Waals surface area contributed by atoms with Gasteiger partial charge < -0.3 is 4.57 Å². The Bertz CT molecular complexity index is 2810. The van der Waals surface area contributed by atoms with E-state index in [9.17, 15) is 0 Å². The van der Waals surface area contributed by atoms with E-state index in [1.54, 1.807) is 0 Å². The molecule has 0 unspecified atom stereocenters. The smallest absolute Gasteiger partial charge is 0.234 e. The van der Waals surface area contributed by atoms with Crippen molar-refractivity contribution in [1.82, 2.24) is 19.1 Å². The highest BCUT2D eigenvalue weighted by atomic mass is 15.2. The lowest BCUT2D eigenvalue weighted by Gasteiger charge is -2.11. The first-order valence-corrected chi connectivity index (χ1v) is 16.9. The summed E-state index contributed by atoms with van der Waals surface area (Å²) in [5.41, 5.74) is 12.5. The second-order valence-electron chi connectivity index (χ2n) is 12.7. The fraction of sp³-hybridized carbons (Fsp3) is 0. The first-order chi connectivity index (χ1) is 24.8. The second kappa shape index (κ2) is 11.4. The highest BCUT2D eigenvalue weighted by Crippen LogP contribution is 2.41. The monoisotopic (exact) mass is 638 g/mol. The first-order valence-electron chi connectivity index (χ1n) is 16.9.